The fourth-order valence-corrected chi connectivity index (χ4v) is 5.48. The van der Waals surface area contributed by atoms with Crippen molar-refractivity contribution in [1.29, 1.82) is 0 Å². The van der Waals surface area contributed by atoms with Crippen molar-refractivity contribution in [1.82, 2.24) is 5.32 Å². The molecule has 0 spiro atoms. The number of sulfone groups is 1. The van der Waals surface area contributed by atoms with E-state index in [2.05, 4.69) is 29.6 Å². The van der Waals surface area contributed by atoms with Crippen molar-refractivity contribution in [3.05, 3.63) is 71.8 Å². The minimum Gasteiger partial charge on any atom is -0.356 e. The Morgan fingerprint density at radius 3 is 2.08 bits per heavy atom. The Morgan fingerprint density at radius 2 is 1.58 bits per heavy atom. The Kier molecular flexibility index (Phi) is 6.09. The Labute approximate surface area is 155 Å². The van der Waals surface area contributed by atoms with Gasteiger partial charge in [0.2, 0.25) is 5.91 Å². The van der Waals surface area contributed by atoms with E-state index in [1.807, 2.05) is 36.4 Å². The second-order valence-electron chi connectivity index (χ2n) is 6.99. The summed E-state index contributed by atoms with van der Waals surface area (Å²) in [4.78, 5) is 12.2. The van der Waals surface area contributed by atoms with Gasteiger partial charge in [0.25, 0.3) is 0 Å². The summed E-state index contributed by atoms with van der Waals surface area (Å²) in [6.45, 7) is 0.576. The van der Waals surface area contributed by atoms with Crippen LogP contribution in [0, 0.1) is 5.92 Å². The molecule has 1 aliphatic heterocycles. The van der Waals surface area contributed by atoms with Gasteiger partial charge >= 0.3 is 0 Å². The van der Waals surface area contributed by atoms with Crippen LogP contribution in [0.4, 0.5) is 0 Å². The molecule has 0 saturated carbocycles. The first kappa shape index (κ1) is 18.6. The Hall–Kier alpha value is -2.14. The highest BCUT2D eigenvalue weighted by atomic mass is 32.2. The van der Waals surface area contributed by atoms with Gasteiger partial charge in [0.15, 0.2) is 9.84 Å². The Morgan fingerprint density at radius 1 is 1.00 bits per heavy atom. The maximum Gasteiger partial charge on any atom is 0.220 e. The van der Waals surface area contributed by atoms with Crippen molar-refractivity contribution in [2.24, 2.45) is 5.92 Å². The van der Waals surface area contributed by atoms with Gasteiger partial charge in [-0.15, -0.1) is 0 Å². The molecule has 0 aliphatic carbocycles. The number of benzene rings is 2. The molecular formula is C21H25NO3S. The third kappa shape index (κ3) is 5.18. The molecule has 2 aromatic carbocycles. The van der Waals surface area contributed by atoms with Gasteiger partial charge < -0.3 is 5.32 Å². The average molecular weight is 372 g/mol. The van der Waals surface area contributed by atoms with E-state index in [0.29, 0.717) is 19.4 Å². The van der Waals surface area contributed by atoms with Crippen LogP contribution in [-0.4, -0.2) is 32.4 Å². The monoisotopic (exact) mass is 371 g/mol. The largest absolute Gasteiger partial charge is 0.356 e. The van der Waals surface area contributed by atoms with Gasteiger partial charge in [-0.2, -0.15) is 0 Å². The zero-order chi connectivity index (χ0) is 18.4. The van der Waals surface area contributed by atoms with Gasteiger partial charge in [0.1, 0.15) is 0 Å². The van der Waals surface area contributed by atoms with Crippen LogP contribution in [0.5, 0.6) is 0 Å². The number of carbonyl (C=O) groups is 1. The van der Waals surface area contributed by atoms with Crippen LogP contribution in [0.3, 0.4) is 0 Å². The lowest BCUT2D eigenvalue weighted by Crippen LogP contribution is -2.28. The van der Waals surface area contributed by atoms with E-state index in [1.54, 1.807) is 0 Å². The second kappa shape index (κ2) is 8.49. The van der Waals surface area contributed by atoms with E-state index in [9.17, 15) is 13.2 Å². The number of hydrogen-bond donors (Lipinski definition) is 1. The highest BCUT2D eigenvalue weighted by Crippen LogP contribution is 2.27. The van der Waals surface area contributed by atoms with Gasteiger partial charge in [-0.05, 0) is 29.9 Å². The van der Waals surface area contributed by atoms with Gasteiger partial charge in [0, 0.05) is 18.9 Å². The van der Waals surface area contributed by atoms with Crippen LogP contribution in [-0.2, 0) is 14.6 Å². The minimum absolute atomic E-state index is 0.0287. The third-order valence-electron chi connectivity index (χ3n) is 4.96. The number of amides is 1. The molecule has 1 aliphatic rings. The fourth-order valence-electron chi connectivity index (χ4n) is 3.62. The summed E-state index contributed by atoms with van der Waals surface area (Å²) in [5.74, 6) is 0.516. The minimum atomic E-state index is -2.93. The molecule has 0 radical (unpaired) electrons. The lowest BCUT2D eigenvalue weighted by Gasteiger charge is -2.18. The lowest BCUT2D eigenvalue weighted by molar-refractivity contribution is -0.121. The Bertz CT molecular complexity index is 779. The zero-order valence-electron chi connectivity index (χ0n) is 14.8. The lowest BCUT2D eigenvalue weighted by atomic mass is 9.88. The van der Waals surface area contributed by atoms with Crippen LogP contribution < -0.4 is 5.32 Å². The molecule has 1 atom stereocenters. The first-order chi connectivity index (χ1) is 12.5. The molecule has 138 valence electrons. The zero-order valence-corrected chi connectivity index (χ0v) is 15.6. The van der Waals surface area contributed by atoms with E-state index in [1.165, 1.54) is 11.1 Å². The van der Waals surface area contributed by atoms with Gasteiger partial charge in [-0.3, -0.25) is 4.79 Å². The van der Waals surface area contributed by atoms with Crippen LogP contribution in [0.2, 0.25) is 0 Å². The normalized spacial score (nSPS) is 18.7. The predicted molar refractivity (Wildman–Crippen MR) is 104 cm³/mol. The average Bonchev–Trinajstić information content (AvgIpc) is 2.98. The summed E-state index contributed by atoms with van der Waals surface area (Å²) < 4.78 is 23.0. The molecule has 26 heavy (non-hydrogen) atoms. The van der Waals surface area contributed by atoms with Crippen LogP contribution in [0.1, 0.15) is 36.3 Å². The summed E-state index contributed by atoms with van der Waals surface area (Å²) in [6.07, 6.45) is 1.72. The summed E-state index contributed by atoms with van der Waals surface area (Å²) in [6, 6.07) is 20.6. The molecule has 1 heterocycles. The van der Waals surface area contributed by atoms with E-state index in [0.717, 1.165) is 6.42 Å². The summed E-state index contributed by atoms with van der Waals surface area (Å²) in [5, 5.41) is 2.97. The van der Waals surface area contributed by atoms with Crippen molar-refractivity contribution < 1.29 is 13.2 Å². The van der Waals surface area contributed by atoms with E-state index in [4.69, 9.17) is 0 Å². The molecule has 5 heteroatoms. The van der Waals surface area contributed by atoms with Crippen molar-refractivity contribution in [2.45, 2.75) is 25.2 Å². The van der Waals surface area contributed by atoms with Gasteiger partial charge in [-0.1, -0.05) is 60.7 Å². The highest BCUT2D eigenvalue weighted by molar-refractivity contribution is 7.91. The van der Waals surface area contributed by atoms with Crippen LogP contribution >= 0.6 is 0 Å². The van der Waals surface area contributed by atoms with E-state index >= 15 is 0 Å². The standard InChI is InChI=1S/C21H25NO3S/c23-21(15-17-12-14-26(24,25)16-17)22-13-11-20(18-7-3-1-4-8-18)19-9-5-2-6-10-19/h1-10,17,20H,11-16H2,(H,22,23). The summed E-state index contributed by atoms with van der Waals surface area (Å²) >= 11 is 0. The van der Waals surface area contributed by atoms with Crippen molar-refractivity contribution in [3.8, 4) is 0 Å². The van der Waals surface area contributed by atoms with Gasteiger partial charge in [0.05, 0.1) is 11.5 Å². The molecule has 1 amide bonds. The molecule has 4 nitrogen and oxygen atoms in total. The molecule has 1 unspecified atom stereocenters. The SMILES string of the molecule is O=C(CC1CCS(=O)(=O)C1)NCCC(c1ccccc1)c1ccccc1. The third-order valence-corrected chi connectivity index (χ3v) is 6.80. The molecule has 3 rings (SSSR count). The molecule has 0 aromatic heterocycles. The smallest absolute Gasteiger partial charge is 0.220 e. The second-order valence-corrected chi connectivity index (χ2v) is 9.21. The van der Waals surface area contributed by atoms with Crippen LogP contribution in [0.25, 0.3) is 0 Å². The van der Waals surface area contributed by atoms with E-state index < -0.39 is 9.84 Å². The number of rotatable bonds is 7. The molecule has 1 saturated heterocycles. The van der Waals surface area contributed by atoms with Crippen molar-refractivity contribution >= 4 is 15.7 Å². The summed E-state index contributed by atoms with van der Waals surface area (Å²) in [5.41, 5.74) is 2.46. The van der Waals surface area contributed by atoms with Crippen molar-refractivity contribution in [3.63, 3.8) is 0 Å². The maximum atomic E-state index is 12.2. The number of hydrogen-bond acceptors (Lipinski definition) is 3. The predicted octanol–water partition coefficient (Wildman–Crippen LogP) is 3.15. The van der Waals surface area contributed by atoms with Crippen molar-refractivity contribution in [2.75, 3.05) is 18.1 Å². The highest BCUT2D eigenvalue weighted by Gasteiger charge is 2.29. The van der Waals surface area contributed by atoms with Crippen LogP contribution in [0.15, 0.2) is 60.7 Å². The maximum absolute atomic E-state index is 12.2. The molecule has 1 N–H and O–H groups in total. The Balaban J connectivity index is 1.56. The first-order valence-electron chi connectivity index (χ1n) is 9.10. The summed E-state index contributed by atoms with van der Waals surface area (Å²) in [7, 11) is -2.93. The van der Waals surface area contributed by atoms with Gasteiger partial charge in [-0.25, -0.2) is 8.42 Å². The van der Waals surface area contributed by atoms with E-state index in [-0.39, 0.29) is 29.2 Å². The topological polar surface area (TPSA) is 63.2 Å². The molecule has 2 aromatic rings. The first-order valence-corrected chi connectivity index (χ1v) is 10.9. The number of carbonyl (C=O) groups excluding carboxylic acids is 1. The molecule has 0 bridgehead atoms. The molecule has 1 fully saturated rings. The molecular weight excluding hydrogens is 346 g/mol. The quantitative estimate of drug-likeness (QED) is 0.813. The number of nitrogens with one attached hydrogen (secondary N) is 1. The fraction of sp³-hybridized carbons (Fsp3) is 0.381.